The molecule has 0 fully saturated rings. The smallest absolute Gasteiger partial charge is 0.368 e. The summed E-state index contributed by atoms with van der Waals surface area (Å²) in [6.07, 6.45) is 0. The summed E-state index contributed by atoms with van der Waals surface area (Å²) in [5.74, 6) is -1.10. The van der Waals surface area contributed by atoms with Gasteiger partial charge in [0.1, 0.15) is 0 Å². The van der Waals surface area contributed by atoms with E-state index in [0.717, 1.165) is 0 Å². The Balaban J connectivity index is 2.45. The summed E-state index contributed by atoms with van der Waals surface area (Å²) in [6, 6.07) is 3.12. The predicted octanol–water partition coefficient (Wildman–Crippen LogP) is 0.516. The molecule has 1 aromatic carbocycles. The number of anilines is 1. The van der Waals surface area contributed by atoms with Gasteiger partial charge in [-0.2, -0.15) is 8.42 Å². The zero-order valence-corrected chi connectivity index (χ0v) is 13.8. The second kappa shape index (κ2) is 5.88. The third-order valence-electron chi connectivity index (χ3n) is 3.06. The van der Waals surface area contributed by atoms with E-state index in [9.17, 15) is 18.3 Å². The van der Waals surface area contributed by atoms with E-state index >= 15 is 0 Å². The molecule has 0 bridgehead atoms. The van der Waals surface area contributed by atoms with Crippen LogP contribution >= 0.6 is 0 Å². The van der Waals surface area contributed by atoms with Crippen molar-refractivity contribution >= 4 is 33.5 Å². The molecule has 9 nitrogen and oxygen atoms in total. The maximum absolute atomic E-state index is 12.2. The van der Waals surface area contributed by atoms with Gasteiger partial charge in [0.25, 0.3) is 11.8 Å². The third kappa shape index (κ3) is 3.26. The minimum atomic E-state index is -4.01. The van der Waals surface area contributed by atoms with Crippen molar-refractivity contribution in [1.29, 1.82) is 0 Å². The number of benzene rings is 1. The lowest BCUT2D eigenvalue weighted by molar-refractivity contribution is 0.0824. The molecule has 10 heteroatoms. The first-order chi connectivity index (χ1) is 10.7. The number of rotatable bonds is 2. The molecule has 2 N–H and O–H groups in total. The molecule has 0 saturated heterocycles. The monoisotopic (exact) mass is 340 g/mol. The predicted molar refractivity (Wildman–Crippen MR) is 85.3 cm³/mol. The van der Waals surface area contributed by atoms with Crippen molar-refractivity contribution in [2.24, 2.45) is 8.80 Å². The Labute approximate surface area is 133 Å². The Bertz CT molecular complexity index is 827. The molecule has 1 amide bonds. The van der Waals surface area contributed by atoms with Crippen LogP contribution in [-0.2, 0) is 14.9 Å². The van der Waals surface area contributed by atoms with E-state index in [-0.39, 0.29) is 34.6 Å². The number of carbonyl (C=O) groups excluding carboxylic acids is 1. The van der Waals surface area contributed by atoms with Crippen molar-refractivity contribution < 1.29 is 23.1 Å². The molecular weight excluding hydrogens is 324 g/mol. The summed E-state index contributed by atoms with van der Waals surface area (Å²) in [7, 11) is 0.357. The van der Waals surface area contributed by atoms with Gasteiger partial charge in [0.15, 0.2) is 5.75 Å². The van der Waals surface area contributed by atoms with Gasteiger partial charge in [-0.15, -0.1) is 8.80 Å². The highest BCUT2D eigenvalue weighted by molar-refractivity contribution is 7.89. The molecule has 0 aliphatic carbocycles. The highest BCUT2D eigenvalue weighted by Crippen LogP contribution is 2.31. The van der Waals surface area contributed by atoms with E-state index in [2.05, 4.69) is 14.1 Å². The normalized spacial score (nSPS) is 15.7. The van der Waals surface area contributed by atoms with Crippen LogP contribution in [0.5, 0.6) is 5.75 Å². The Kier molecular flexibility index (Phi) is 4.28. The van der Waals surface area contributed by atoms with Crippen LogP contribution in [0.3, 0.4) is 0 Å². The summed E-state index contributed by atoms with van der Waals surface area (Å²) in [5.41, 5.74) is 0.798. The molecule has 124 valence electrons. The van der Waals surface area contributed by atoms with E-state index in [1.54, 1.807) is 27.1 Å². The van der Waals surface area contributed by atoms with Crippen LogP contribution in [0.1, 0.15) is 15.9 Å². The van der Waals surface area contributed by atoms with Gasteiger partial charge in [0.05, 0.1) is 18.4 Å². The number of ether oxygens (including phenoxy) is 1. The van der Waals surface area contributed by atoms with Gasteiger partial charge < -0.3 is 20.1 Å². The molecule has 0 saturated carbocycles. The van der Waals surface area contributed by atoms with Crippen LogP contribution in [0.4, 0.5) is 5.69 Å². The first kappa shape index (κ1) is 16.7. The highest BCUT2D eigenvalue weighted by atomic mass is 32.2. The largest absolute Gasteiger partial charge is 0.505 e. The SMILES string of the molecule is COC1=NS(=O)(=O)N=C1Nc1ccc(C)c(C(=O)N(C)C)c1O. The molecule has 23 heavy (non-hydrogen) atoms. The molecule has 2 rings (SSSR count). The highest BCUT2D eigenvalue weighted by Gasteiger charge is 2.27. The standard InChI is InChI=1S/C13H16N4O5S/c1-7-5-6-8(10(18)9(7)13(19)17(2)3)14-11-12(22-4)16-23(20,21)15-11/h5-6,18H,1-4H3,(H,14,15). The number of phenolic OH excluding ortho intramolecular Hbond substituents is 1. The number of nitrogens with one attached hydrogen (secondary N) is 1. The summed E-state index contributed by atoms with van der Waals surface area (Å²) in [4.78, 5) is 13.5. The van der Waals surface area contributed by atoms with Crippen molar-refractivity contribution in [3.8, 4) is 5.75 Å². The Morgan fingerprint density at radius 3 is 2.52 bits per heavy atom. The third-order valence-corrected chi connectivity index (χ3v) is 3.87. The maximum atomic E-state index is 12.2. The summed E-state index contributed by atoms with van der Waals surface area (Å²) in [5, 5.41) is 13.0. The lowest BCUT2D eigenvalue weighted by Gasteiger charge is -2.16. The van der Waals surface area contributed by atoms with Gasteiger partial charge in [-0.1, -0.05) is 6.07 Å². The van der Waals surface area contributed by atoms with E-state index in [1.165, 1.54) is 18.1 Å². The molecular formula is C13H16N4O5S. The summed E-state index contributed by atoms with van der Waals surface area (Å²) in [6.45, 7) is 1.68. The number of nitrogens with zero attached hydrogens (tertiary/aromatic N) is 3. The minimum Gasteiger partial charge on any atom is -0.505 e. The van der Waals surface area contributed by atoms with Crippen molar-refractivity contribution in [3.63, 3.8) is 0 Å². The van der Waals surface area contributed by atoms with E-state index in [1.807, 2.05) is 0 Å². The first-order valence-electron chi connectivity index (χ1n) is 6.46. The number of amides is 1. The summed E-state index contributed by atoms with van der Waals surface area (Å²) < 4.78 is 34.3. The number of aromatic hydroxyl groups is 1. The van der Waals surface area contributed by atoms with Crippen molar-refractivity contribution in [2.45, 2.75) is 6.92 Å². The number of aryl methyl sites for hydroxylation is 1. The molecule has 0 spiro atoms. The van der Waals surface area contributed by atoms with Crippen molar-refractivity contribution in [1.82, 2.24) is 4.90 Å². The topological polar surface area (TPSA) is 121 Å². The molecule has 0 radical (unpaired) electrons. The van der Waals surface area contributed by atoms with Gasteiger partial charge in [-0.05, 0) is 18.6 Å². The van der Waals surface area contributed by atoms with Crippen LogP contribution in [0.25, 0.3) is 0 Å². The van der Waals surface area contributed by atoms with E-state index < -0.39 is 10.2 Å². The Hall–Kier alpha value is -2.62. The van der Waals surface area contributed by atoms with Gasteiger partial charge in [-0.3, -0.25) is 4.79 Å². The minimum absolute atomic E-state index is 0.109. The fraction of sp³-hybridized carbons (Fsp3) is 0.308. The number of hydrogen-bond donors (Lipinski definition) is 2. The second-order valence-electron chi connectivity index (χ2n) is 4.97. The fourth-order valence-electron chi connectivity index (χ4n) is 1.95. The zero-order chi connectivity index (χ0) is 17.4. The molecule has 0 atom stereocenters. The molecule has 1 aliphatic heterocycles. The van der Waals surface area contributed by atoms with Crippen molar-refractivity contribution in [3.05, 3.63) is 23.3 Å². The van der Waals surface area contributed by atoms with Crippen LogP contribution in [0, 0.1) is 6.92 Å². The quantitative estimate of drug-likeness (QED) is 0.757. The van der Waals surface area contributed by atoms with E-state index in [0.29, 0.717) is 5.56 Å². The van der Waals surface area contributed by atoms with E-state index in [4.69, 9.17) is 4.74 Å². The number of hydrogen-bond acceptors (Lipinski definition) is 6. The van der Waals surface area contributed by atoms with Gasteiger partial charge in [-0.25, -0.2) is 0 Å². The number of phenols is 1. The molecule has 1 aromatic rings. The lowest BCUT2D eigenvalue weighted by Crippen LogP contribution is -2.24. The zero-order valence-electron chi connectivity index (χ0n) is 13.0. The Morgan fingerprint density at radius 1 is 1.30 bits per heavy atom. The van der Waals surface area contributed by atoms with Gasteiger partial charge >= 0.3 is 10.2 Å². The first-order valence-corrected chi connectivity index (χ1v) is 7.86. The molecule has 0 unspecified atom stereocenters. The molecule has 1 heterocycles. The number of amidine groups is 1. The second-order valence-corrected chi connectivity index (χ2v) is 6.23. The fourth-order valence-corrected chi connectivity index (χ4v) is 2.71. The van der Waals surface area contributed by atoms with Gasteiger partial charge in [0, 0.05) is 14.1 Å². The van der Waals surface area contributed by atoms with Crippen LogP contribution < -0.4 is 5.32 Å². The number of methoxy groups -OCH3 is 1. The molecule has 1 aliphatic rings. The lowest BCUT2D eigenvalue weighted by atomic mass is 10.0. The van der Waals surface area contributed by atoms with Gasteiger partial charge in [0.2, 0.25) is 5.84 Å². The average molecular weight is 340 g/mol. The number of carbonyl (C=O) groups is 1. The molecule has 0 aromatic heterocycles. The van der Waals surface area contributed by atoms with Crippen LogP contribution in [-0.4, -0.2) is 57.3 Å². The van der Waals surface area contributed by atoms with Crippen molar-refractivity contribution in [2.75, 3.05) is 26.5 Å². The van der Waals surface area contributed by atoms with Crippen LogP contribution in [0.2, 0.25) is 0 Å². The maximum Gasteiger partial charge on any atom is 0.368 e. The Morgan fingerprint density at radius 2 is 1.96 bits per heavy atom. The summed E-state index contributed by atoms with van der Waals surface area (Å²) >= 11 is 0. The van der Waals surface area contributed by atoms with Crippen LogP contribution in [0.15, 0.2) is 20.9 Å². The average Bonchev–Trinajstić information content (AvgIpc) is 2.76.